The van der Waals surface area contributed by atoms with E-state index in [1.165, 1.54) is 0 Å². The molecule has 0 saturated carbocycles. The summed E-state index contributed by atoms with van der Waals surface area (Å²) in [6, 6.07) is -0.0164. The highest BCUT2D eigenvalue weighted by molar-refractivity contribution is 9.10. The number of ether oxygens (including phenoxy) is 1. The third-order valence-corrected chi connectivity index (χ3v) is 2.94. The molecular weight excluding hydrogens is 269 g/mol. The highest BCUT2D eigenvalue weighted by Crippen LogP contribution is 2.31. The highest BCUT2D eigenvalue weighted by atomic mass is 79.9. The first-order valence-electron chi connectivity index (χ1n) is 4.23. The van der Waals surface area contributed by atoms with Gasteiger partial charge in [-0.1, -0.05) is 0 Å². The lowest BCUT2D eigenvalue weighted by molar-refractivity contribution is 0.101. The summed E-state index contributed by atoms with van der Waals surface area (Å²) in [5.41, 5.74) is 6.61. The normalized spacial score (nSPS) is 26.8. The number of hydrogen-bond acceptors (Lipinski definition) is 4. The molecule has 2 N–H and O–H groups in total. The summed E-state index contributed by atoms with van der Waals surface area (Å²) in [6.07, 6.45) is 2.28. The van der Waals surface area contributed by atoms with Gasteiger partial charge in [0, 0.05) is 18.8 Å². The minimum Gasteiger partial charge on any atom is -0.370 e. The molecule has 1 aromatic heterocycles. The zero-order chi connectivity index (χ0) is 10.1. The first-order chi connectivity index (χ1) is 6.68. The average molecular weight is 279 g/mol. The van der Waals surface area contributed by atoms with Crippen LogP contribution in [0.1, 0.15) is 18.2 Å². The van der Waals surface area contributed by atoms with E-state index in [-0.39, 0.29) is 17.4 Å². The summed E-state index contributed by atoms with van der Waals surface area (Å²) in [7, 11) is 0. The minimum atomic E-state index is -0.176. The van der Waals surface area contributed by atoms with Gasteiger partial charge in [-0.15, -0.1) is 0 Å². The summed E-state index contributed by atoms with van der Waals surface area (Å²) in [5, 5.41) is 0.214. The standard InChI is InChI=1S/C8H9BrClN3O/c9-4-3-12-8(10)13-6(4)7-5(11)1-2-14-7/h3,5,7H,1-2,11H2/t5?,7-/m1/s1. The largest absolute Gasteiger partial charge is 0.370 e. The summed E-state index contributed by atoms with van der Waals surface area (Å²) in [5.74, 6) is 0. The molecular formula is C8H9BrClN3O. The molecule has 0 aromatic carbocycles. The summed E-state index contributed by atoms with van der Waals surface area (Å²) >= 11 is 9.05. The van der Waals surface area contributed by atoms with Crippen LogP contribution in [0.25, 0.3) is 0 Å². The van der Waals surface area contributed by atoms with E-state index in [1.807, 2.05) is 0 Å². The number of nitrogens with two attached hydrogens (primary N) is 1. The van der Waals surface area contributed by atoms with Crippen LogP contribution in [0.15, 0.2) is 10.7 Å². The Morgan fingerprint density at radius 2 is 2.43 bits per heavy atom. The van der Waals surface area contributed by atoms with Crippen molar-refractivity contribution in [3.8, 4) is 0 Å². The molecule has 14 heavy (non-hydrogen) atoms. The van der Waals surface area contributed by atoms with Gasteiger partial charge < -0.3 is 10.5 Å². The fourth-order valence-electron chi connectivity index (χ4n) is 1.45. The van der Waals surface area contributed by atoms with E-state index in [1.54, 1.807) is 6.20 Å². The Morgan fingerprint density at radius 1 is 1.64 bits per heavy atom. The summed E-state index contributed by atoms with van der Waals surface area (Å²) in [6.45, 7) is 0.667. The molecule has 1 fully saturated rings. The molecule has 6 heteroatoms. The molecule has 2 atom stereocenters. The van der Waals surface area contributed by atoms with Gasteiger partial charge in [-0.25, -0.2) is 9.97 Å². The number of halogens is 2. The Morgan fingerprint density at radius 3 is 3.07 bits per heavy atom. The first-order valence-corrected chi connectivity index (χ1v) is 5.40. The molecule has 4 nitrogen and oxygen atoms in total. The monoisotopic (exact) mass is 277 g/mol. The molecule has 0 spiro atoms. The van der Waals surface area contributed by atoms with Crippen LogP contribution in [0, 0.1) is 0 Å². The molecule has 1 aliphatic rings. The molecule has 0 aliphatic carbocycles. The second kappa shape index (κ2) is 4.10. The Balaban J connectivity index is 2.34. The predicted molar refractivity (Wildman–Crippen MR) is 56.0 cm³/mol. The number of aromatic nitrogens is 2. The predicted octanol–water partition coefficient (Wildman–Crippen LogP) is 1.68. The van der Waals surface area contributed by atoms with Crippen LogP contribution < -0.4 is 5.73 Å². The van der Waals surface area contributed by atoms with Crippen molar-refractivity contribution in [3.63, 3.8) is 0 Å². The van der Waals surface area contributed by atoms with Gasteiger partial charge in [0.25, 0.3) is 0 Å². The maximum Gasteiger partial charge on any atom is 0.222 e. The Labute approximate surface area is 94.9 Å². The molecule has 1 unspecified atom stereocenters. The second-order valence-corrected chi connectivity index (χ2v) is 4.31. The van der Waals surface area contributed by atoms with E-state index < -0.39 is 0 Å². The average Bonchev–Trinajstić information content (AvgIpc) is 2.56. The van der Waals surface area contributed by atoms with Crippen LogP contribution in [0.3, 0.4) is 0 Å². The fraction of sp³-hybridized carbons (Fsp3) is 0.500. The van der Waals surface area contributed by atoms with Gasteiger partial charge in [-0.3, -0.25) is 0 Å². The Kier molecular flexibility index (Phi) is 3.02. The van der Waals surface area contributed by atoms with Crippen LogP contribution in [0.2, 0.25) is 5.28 Å². The zero-order valence-corrected chi connectivity index (χ0v) is 9.62. The molecule has 0 amide bonds. The van der Waals surface area contributed by atoms with Crippen molar-refractivity contribution in [3.05, 3.63) is 21.6 Å². The summed E-state index contributed by atoms with van der Waals surface area (Å²) < 4.78 is 6.26. The molecule has 1 saturated heterocycles. The van der Waals surface area contributed by atoms with E-state index >= 15 is 0 Å². The lowest BCUT2D eigenvalue weighted by Gasteiger charge is -2.14. The van der Waals surface area contributed by atoms with Crippen molar-refractivity contribution >= 4 is 27.5 Å². The highest BCUT2D eigenvalue weighted by Gasteiger charge is 2.29. The number of nitrogens with zero attached hydrogens (tertiary/aromatic N) is 2. The Bertz CT molecular complexity index is 349. The van der Waals surface area contributed by atoms with E-state index in [0.717, 1.165) is 16.6 Å². The number of hydrogen-bond donors (Lipinski definition) is 1. The molecule has 2 heterocycles. The van der Waals surface area contributed by atoms with Gasteiger partial charge in [0.15, 0.2) is 0 Å². The third-order valence-electron chi connectivity index (χ3n) is 2.15. The topological polar surface area (TPSA) is 61.0 Å². The molecule has 0 bridgehead atoms. The fourth-order valence-corrected chi connectivity index (χ4v) is 2.00. The second-order valence-electron chi connectivity index (χ2n) is 3.12. The molecule has 1 aliphatic heterocycles. The van der Waals surface area contributed by atoms with Crippen molar-refractivity contribution in [2.75, 3.05) is 6.61 Å². The quantitative estimate of drug-likeness (QED) is 0.794. The van der Waals surface area contributed by atoms with E-state index in [9.17, 15) is 0 Å². The minimum absolute atomic E-state index is 0.0164. The third kappa shape index (κ3) is 1.91. The first kappa shape index (κ1) is 10.3. The lowest BCUT2D eigenvalue weighted by Crippen LogP contribution is -2.24. The van der Waals surface area contributed by atoms with E-state index in [4.69, 9.17) is 22.1 Å². The van der Waals surface area contributed by atoms with E-state index in [0.29, 0.717) is 6.61 Å². The maximum absolute atomic E-state index is 5.88. The van der Waals surface area contributed by atoms with Crippen molar-refractivity contribution in [1.82, 2.24) is 9.97 Å². The van der Waals surface area contributed by atoms with Gasteiger partial charge in [0.2, 0.25) is 5.28 Å². The van der Waals surface area contributed by atoms with Gasteiger partial charge in [0.1, 0.15) is 6.10 Å². The lowest BCUT2D eigenvalue weighted by atomic mass is 10.1. The number of rotatable bonds is 1. The summed E-state index contributed by atoms with van der Waals surface area (Å²) in [4.78, 5) is 7.95. The molecule has 76 valence electrons. The van der Waals surface area contributed by atoms with Gasteiger partial charge in [0.05, 0.1) is 10.2 Å². The van der Waals surface area contributed by atoms with Crippen molar-refractivity contribution in [1.29, 1.82) is 0 Å². The SMILES string of the molecule is NC1CCO[C@H]1c1nc(Cl)ncc1Br. The van der Waals surface area contributed by atoms with Crippen molar-refractivity contribution < 1.29 is 4.74 Å². The van der Waals surface area contributed by atoms with Gasteiger partial charge in [-0.05, 0) is 34.0 Å². The van der Waals surface area contributed by atoms with Gasteiger partial charge >= 0.3 is 0 Å². The molecule has 1 aromatic rings. The molecule has 2 rings (SSSR count). The van der Waals surface area contributed by atoms with Crippen LogP contribution in [-0.2, 0) is 4.74 Å². The van der Waals surface area contributed by atoms with Crippen LogP contribution in [-0.4, -0.2) is 22.6 Å². The Hall–Kier alpha value is -0.230. The smallest absolute Gasteiger partial charge is 0.222 e. The molecule has 0 radical (unpaired) electrons. The van der Waals surface area contributed by atoms with Crippen molar-refractivity contribution in [2.45, 2.75) is 18.6 Å². The van der Waals surface area contributed by atoms with Gasteiger partial charge in [-0.2, -0.15) is 0 Å². The van der Waals surface area contributed by atoms with Crippen LogP contribution in [0.4, 0.5) is 0 Å². The maximum atomic E-state index is 5.88. The van der Waals surface area contributed by atoms with E-state index in [2.05, 4.69) is 25.9 Å². The zero-order valence-electron chi connectivity index (χ0n) is 7.28. The van der Waals surface area contributed by atoms with Crippen LogP contribution >= 0.6 is 27.5 Å². The van der Waals surface area contributed by atoms with Crippen molar-refractivity contribution in [2.24, 2.45) is 5.73 Å². The van der Waals surface area contributed by atoms with Crippen LogP contribution in [0.5, 0.6) is 0 Å².